The maximum atomic E-state index is 12.0. The summed E-state index contributed by atoms with van der Waals surface area (Å²) in [4.78, 5) is 16.7. The number of Topliss-reactive ketones (excluding diaryl/α,β-unsaturated/α-hetero) is 1. The molecule has 19 heavy (non-hydrogen) atoms. The van der Waals surface area contributed by atoms with E-state index in [9.17, 15) is 4.79 Å². The summed E-state index contributed by atoms with van der Waals surface area (Å²) in [5.41, 5.74) is 4.14. The monoisotopic (exact) mass is 249 g/mol. The van der Waals surface area contributed by atoms with Gasteiger partial charge in [-0.1, -0.05) is 54.6 Å². The largest absolute Gasteiger partial charge is 0.297 e. The van der Waals surface area contributed by atoms with Crippen molar-refractivity contribution in [3.8, 4) is 0 Å². The third kappa shape index (κ3) is 2.22. The van der Waals surface area contributed by atoms with Crippen LogP contribution in [0.3, 0.4) is 0 Å². The predicted octanol–water partition coefficient (Wildman–Crippen LogP) is 3.04. The van der Waals surface area contributed by atoms with E-state index in [1.54, 1.807) is 0 Å². The van der Waals surface area contributed by atoms with Crippen molar-refractivity contribution >= 4 is 11.5 Å². The maximum Gasteiger partial charge on any atom is 0.161 e. The van der Waals surface area contributed by atoms with Gasteiger partial charge in [0.15, 0.2) is 5.78 Å². The highest BCUT2D eigenvalue weighted by Crippen LogP contribution is 2.21. The van der Waals surface area contributed by atoms with Crippen LogP contribution in [0.25, 0.3) is 0 Å². The van der Waals surface area contributed by atoms with Crippen LogP contribution in [0.4, 0.5) is 0 Å². The van der Waals surface area contributed by atoms with Crippen LogP contribution in [0.15, 0.2) is 59.6 Å². The highest BCUT2D eigenvalue weighted by Gasteiger charge is 2.22. The number of fused-ring (bicyclic) bond motifs is 1. The Balaban J connectivity index is 2.21. The van der Waals surface area contributed by atoms with Crippen LogP contribution in [-0.4, -0.2) is 17.5 Å². The second-order valence-corrected chi connectivity index (χ2v) is 4.82. The van der Waals surface area contributed by atoms with Gasteiger partial charge in [0, 0.05) is 17.5 Å². The van der Waals surface area contributed by atoms with Crippen molar-refractivity contribution in [2.45, 2.75) is 19.4 Å². The second-order valence-electron chi connectivity index (χ2n) is 4.82. The van der Waals surface area contributed by atoms with E-state index in [1.165, 1.54) is 0 Å². The molecule has 0 bridgehead atoms. The van der Waals surface area contributed by atoms with Crippen molar-refractivity contribution < 1.29 is 4.79 Å². The van der Waals surface area contributed by atoms with Crippen LogP contribution in [0.2, 0.25) is 0 Å². The molecule has 2 nitrogen and oxygen atoms in total. The van der Waals surface area contributed by atoms with Crippen LogP contribution in [0.5, 0.6) is 0 Å². The summed E-state index contributed by atoms with van der Waals surface area (Å²) in [6, 6.07) is 17.8. The van der Waals surface area contributed by atoms with Gasteiger partial charge in [-0.25, -0.2) is 0 Å². The Morgan fingerprint density at radius 2 is 1.68 bits per heavy atom. The zero-order valence-corrected chi connectivity index (χ0v) is 10.8. The zero-order chi connectivity index (χ0) is 13.2. The Bertz CT molecular complexity index is 643. The Labute approximate surface area is 112 Å². The predicted molar refractivity (Wildman–Crippen MR) is 76.7 cm³/mol. The molecule has 0 radical (unpaired) electrons. The molecule has 2 aromatic rings. The number of ketones is 1. The normalized spacial score (nSPS) is 18.5. The Hall–Kier alpha value is -2.22. The smallest absolute Gasteiger partial charge is 0.161 e. The fourth-order valence-electron chi connectivity index (χ4n) is 2.40. The molecule has 0 spiro atoms. The van der Waals surface area contributed by atoms with E-state index in [1.807, 2.05) is 61.5 Å². The summed E-state index contributed by atoms with van der Waals surface area (Å²) in [5.74, 6) is 0.179. The van der Waals surface area contributed by atoms with Gasteiger partial charge in [0.2, 0.25) is 0 Å². The SMILES string of the molecule is C[C@H]1N=C(c2ccccc2)c2ccccc2CC1=O. The first kappa shape index (κ1) is 11.8. The van der Waals surface area contributed by atoms with Crippen molar-refractivity contribution in [2.75, 3.05) is 0 Å². The number of nitrogens with zero attached hydrogens (tertiary/aromatic N) is 1. The fourth-order valence-corrected chi connectivity index (χ4v) is 2.40. The van der Waals surface area contributed by atoms with E-state index in [2.05, 4.69) is 4.99 Å². The van der Waals surface area contributed by atoms with Gasteiger partial charge in [-0.2, -0.15) is 0 Å². The standard InChI is InChI=1S/C17H15NO/c1-12-16(19)11-14-9-5-6-10-15(14)17(18-12)13-7-3-2-4-8-13/h2-10,12H,11H2,1H3/t12-/m1/s1. The van der Waals surface area contributed by atoms with Gasteiger partial charge in [0.25, 0.3) is 0 Å². The summed E-state index contributed by atoms with van der Waals surface area (Å²) in [7, 11) is 0. The lowest BCUT2D eigenvalue weighted by molar-refractivity contribution is -0.119. The van der Waals surface area contributed by atoms with E-state index in [0.717, 1.165) is 22.4 Å². The van der Waals surface area contributed by atoms with Crippen molar-refractivity contribution in [1.82, 2.24) is 0 Å². The number of hydrogen-bond donors (Lipinski definition) is 0. The average Bonchev–Trinajstić information content (AvgIpc) is 2.58. The molecule has 0 saturated heterocycles. The lowest BCUT2D eigenvalue weighted by atomic mass is 9.96. The Morgan fingerprint density at radius 1 is 1.00 bits per heavy atom. The molecule has 1 aliphatic rings. The molecule has 0 unspecified atom stereocenters. The molecule has 1 heterocycles. The summed E-state index contributed by atoms with van der Waals surface area (Å²) in [6.07, 6.45) is 0.469. The number of rotatable bonds is 1. The lowest BCUT2D eigenvalue weighted by Crippen LogP contribution is -2.15. The van der Waals surface area contributed by atoms with Crippen LogP contribution in [0, 0.1) is 0 Å². The molecular formula is C17H15NO. The Morgan fingerprint density at radius 3 is 2.47 bits per heavy atom. The van der Waals surface area contributed by atoms with Gasteiger partial charge in [0.1, 0.15) is 6.04 Å². The van der Waals surface area contributed by atoms with Gasteiger partial charge in [0.05, 0.1) is 5.71 Å². The molecule has 2 heteroatoms. The second kappa shape index (κ2) is 4.81. The fraction of sp³-hybridized carbons (Fsp3) is 0.176. The van der Waals surface area contributed by atoms with Gasteiger partial charge >= 0.3 is 0 Å². The molecule has 0 aliphatic carbocycles. The highest BCUT2D eigenvalue weighted by atomic mass is 16.1. The minimum absolute atomic E-state index is 0.179. The van der Waals surface area contributed by atoms with Gasteiger partial charge in [-0.05, 0) is 12.5 Å². The quantitative estimate of drug-likeness (QED) is 0.763. The molecule has 3 rings (SSSR count). The number of carbonyl (C=O) groups is 1. The van der Waals surface area contributed by atoms with E-state index in [4.69, 9.17) is 0 Å². The molecule has 0 fully saturated rings. The average molecular weight is 249 g/mol. The summed E-state index contributed by atoms with van der Waals surface area (Å²) in [6.45, 7) is 1.87. The van der Waals surface area contributed by atoms with Crippen LogP contribution in [0.1, 0.15) is 23.6 Å². The van der Waals surface area contributed by atoms with E-state index in [0.29, 0.717) is 6.42 Å². The highest BCUT2D eigenvalue weighted by molar-refractivity contribution is 6.16. The number of hydrogen-bond acceptors (Lipinski definition) is 2. The molecule has 1 atom stereocenters. The Kier molecular flexibility index (Phi) is 3.00. The van der Waals surface area contributed by atoms with E-state index < -0.39 is 0 Å². The van der Waals surface area contributed by atoms with Gasteiger partial charge in [-0.3, -0.25) is 9.79 Å². The summed E-state index contributed by atoms with van der Waals surface area (Å²) >= 11 is 0. The van der Waals surface area contributed by atoms with Crippen LogP contribution < -0.4 is 0 Å². The first-order valence-corrected chi connectivity index (χ1v) is 6.50. The zero-order valence-electron chi connectivity index (χ0n) is 10.8. The lowest BCUT2D eigenvalue weighted by Gasteiger charge is -2.09. The molecular weight excluding hydrogens is 234 g/mol. The molecule has 1 aliphatic heterocycles. The van der Waals surface area contributed by atoms with Crippen molar-refractivity contribution in [1.29, 1.82) is 0 Å². The molecule has 0 aromatic heterocycles. The third-order valence-electron chi connectivity index (χ3n) is 3.47. The van der Waals surface area contributed by atoms with Crippen LogP contribution >= 0.6 is 0 Å². The minimum Gasteiger partial charge on any atom is -0.297 e. The summed E-state index contributed by atoms with van der Waals surface area (Å²) in [5, 5.41) is 0. The first-order valence-electron chi connectivity index (χ1n) is 6.50. The van der Waals surface area contributed by atoms with E-state index in [-0.39, 0.29) is 11.8 Å². The molecule has 0 N–H and O–H groups in total. The van der Waals surface area contributed by atoms with Crippen LogP contribution in [-0.2, 0) is 11.2 Å². The first-order chi connectivity index (χ1) is 9.25. The topological polar surface area (TPSA) is 29.4 Å². The minimum atomic E-state index is -0.275. The van der Waals surface area contributed by atoms with Crippen molar-refractivity contribution in [3.05, 3.63) is 71.3 Å². The summed E-state index contributed by atoms with van der Waals surface area (Å²) < 4.78 is 0. The van der Waals surface area contributed by atoms with E-state index >= 15 is 0 Å². The molecule has 0 saturated carbocycles. The molecule has 0 amide bonds. The van der Waals surface area contributed by atoms with Crippen molar-refractivity contribution in [3.63, 3.8) is 0 Å². The van der Waals surface area contributed by atoms with Gasteiger partial charge in [-0.15, -0.1) is 0 Å². The van der Waals surface area contributed by atoms with Crippen molar-refractivity contribution in [2.24, 2.45) is 4.99 Å². The number of aliphatic imine (C=N–C) groups is 1. The number of carbonyl (C=O) groups excluding carboxylic acids is 1. The molecule has 2 aromatic carbocycles. The molecule has 94 valence electrons. The third-order valence-corrected chi connectivity index (χ3v) is 3.47. The maximum absolute atomic E-state index is 12.0. The number of benzene rings is 2. The van der Waals surface area contributed by atoms with Gasteiger partial charge < -0.3 is 0 Å².